The van der Waals surface area contributed by atoms with Crippen LogP contribution in [0.3, 0.4) is 0 Å². The molecule has 0 saturated carbocycles. The topological polar surface area (TPSA) is 78.8 Å². The molecular weight excluding hydrogens is 222 g/mol. The Kier molecular flexibility index (Phi) is 5.29. The van der Waals surface area contributed by atoms with Crippen molar-refractivity contribution in [2.75, 3.05) is 18.5 Å². The number of hydrogen-bond donors (Lipinski definition) is 3. The van der Waals surface area contributed by atoms with Crippen molar-refractivity contribution < 1.29 is 19.7 Å². The Morgan fingerprint density at radius 2 is 2.29 bits per heavy atom. The highest BCUT2D eigenvalue weighted by atomic mass is 16.5. The molecule has 0 fully saturated rings. The van der Waals surface area contributed by atoms with E-state index in [0.29, 0.717) is 6.61 Å². The number of benzene rings is 1. The summed E-state index contributed by atoms with van der Waals surface area (Å²) in [5.74, 6) is -0.271. The van der Waals surface area contributed by atoms with E-state index in [9.17, 15) is 9.90 Å². The lowest BCUT2D eigenvalue weighted by atomic mass is 10.2. The minimum atomic E-state index is -1.01. The first-order valence-electron chi connectivity index (χ1n) is 5.48. The SMILES string of the molecule is CCOc1cccc(NCC(O)CC(=O)O)c1. The Morgan fingerprint density at radius 3 is 2.94 bits per heavy atom. The number of aliphatic hydroxyl groups is 1. The third kappa shape index (κ3) is 5.21. The predicted molar refractivity (Wildman–Crippen MR) is 64.4 cm³/mol. The van der Waals surface area contributed by atoms with E-state index in [0.717, 1.165) is 11.4 Å². The highest BCUT2D eigenvalue weighted by Gasteiger charge is 2.08. The minimum absolute atomic E-state index is 0.196. The molecule has 0 aliphatic carbocycles. The number of anilines is 1. The van der Waals surface area contributed by atoms with Crippen LogP contribution in [0.2, 0.25) is 0 Å². The molecule has 0 spiro atoms. The van der Waals surface area contributed by atoms with Crippen molar-refractivity contribution in [1.82, 2.24) is 0 Å². The van der Waals surface area contributed by atoms with Crippen LogP contribution in [0.15, 0.2) is 24.3 Å². The third-order valence-corrected chi connectivity index (χ3v) is 2.10. The number of carbonyl (C=O) groups is 1. The van der Waals surface area contributed by atoms with Gasteiger partial charge < -0.3 is 20.3 Å². The lowest BCUT2D eigenvalue weighted by Gasteiger charge is -2.11. The van der Waals surface area contributed by atoms with Crippen molar-refractivity contribution in [2.45, 2.75) is 19.4 Å². The van der Waals surface area contributed by atoms with E-state index in [4.69, 9.17) is 9.84 Å². The van der Waals surface area contributed by atoms with Gasteiger partial charge in [-0.2, -0.15) is 0 Å². The first-order chi connectivity index (χ1) is 8.11. The Hall–Kier alpha value is -1.75. The van der Waals surface area contributed by atoms with Gasteiger partial charge in [-0.1, -0.05) is 6.07 Å². The maximum absolute atomic E-state index is 10.4. The summed E-state index contributed by atoms with van der Waals surface area (Å²) in [7, 11) is 0. The molecule has 0 amide bonds. The number of carboxylic acids is 1. The number of rotatable bonds is 7. The van der Waals surface area contributed by atoms with Crippen LogP contribution in [-0.2, 0) is 4.79 Å². The lowest BCUT2D eigenvalue weighted by molar-refractivity contribution is -0.138. The van der Waals surface area contributed by atoms with E-state index < -0.39 is 12.1 Å². The maximum Gasteiger partial charge on any atom is 0.306 e. The van der Waals surface area contributed by atoms with Gasteiger partial charge in [-0.05, 0) is 19.1 Å². The van der Waals surface area contributed by atoms with Crippen LogP contribution >= 0.6 is 0 Å². The van der Waals surface area contributed by atoms with Crippen LogP contribution in [0.5, 0.6) is 5.75 Å². The smallest absolute Gasteiger partial charge is 0.306 e. The average Bonchev–Trinajstić information content (AvgIpc) is 2.26. The van der Waals surface area contributed by atoms with Gasteiger partial charge in [-0.25, -0.2) is 0 Å². The van der Waals surface area contributed by atoms with Crippen LogP contribution in [0.25, 0.3) is 0 Å². The second-order valence-corrected chi connectivity index (χ2v) is 3.59. The van der Waals surface area contributed by atoms with Crippen molar-refractivity contribution in [3.05, 3.63) is 24.3 Å². The molecule has 17 heavy (non-hydrogen) atoms. The molecule has 1 aromatic carbocycles. The Morgan fingerprint density at radius 1 is 1.53 bits per heavy atom. The molecule has 1 atom stereocenters. The molecule has 5 nitrogen and oxygen atoms in total. The van der Waals surface area contributed by atoms with Crippen LogP contribution in [-0.4, -0.2) is 35.4 Å². The highest BCUT2D eigenvalue weighted by Crippen LogP contribution is 2.17. The van der Waals surface area contributed by atoms with Crippen LogP contribution in [0.4, 0.5) is 5.69 Å². The first kappa shape index (κ1) is 13.3. The molecule has 1 unspecified atom stereocenters. The van der Waals surface area contributed by atoms with E-state index in [1.165, 1.54) is 0 Å². The van der Waals surface area contributed by atoms with Gasteiger partial charge in [0.05, 0.1) is 19.1 Å². The average molecular weight is 239 g/mol. The zero-order valence-electron chi connectivity index (χ0n) is 9.72. The first-order valence-corrected chi connectivity index (χ1v) is 5.48. The lowest BCUT2D eigenvalue weighted by Crippen LogP contribution is -2.22. The third-order valence-electron chi connectivity index (χ3n) is 2.10. The Balaban J connectivity index is 2.45. The summed E-state index contributed by atoms with van der Waals surface area (Å²) in [6, 6.07) is 7.30. The molecule has 3 N–H and O–H groups in total. The largest absolute Gasteiger partial charge is 0.494 e. The van der Waals surface area contributed by atoms with Gasteiger partial charge in [0.2, 0.25) is 0 Å². The monoisotopic (exact) mass is 239 g/mol. The van der Waals surface area contributed by atoms with Crippen molar-refractivity contribution in [1.29, 1.82) is 0 Å². The molecule has 0 radical (unpaired) electrons. The van der Waals surface area contributed by atoms with Gasteiger partial charge in [0, 0.05) is 18.3 Å². The second kappa shape index (κ2) is 6.75. The standard InChI is InChI=1S/C12H17NO4/c1-2-17-11-5-3-4-9(6-11)13-8-10(14)7-12(15)16/h3-6,10,13-14H,2,7-8H2,1H3,(H,15,16). The molecular formula is C12H17NO4. The number of carboxylic acid groups (broad SMARTS) is 1. The summed E-state index contributed by atoms with van der Waals surface area (Å²) in [6.07, 6.45) is -1.17. The van der Waals surface area contributed by atoms with Gasteiger partial charge in [0.1, 0.15) is 5.75 Å². The Bertz CT molecular complexity index is 367. The molecule has 94 valence electrons. The van der Waals surface area contributed by atoms with Crippen LogP contribution in [0.1, 0.15) is 13.3 Å². The molecule has 1 rings (SSSR count). The molecule has 0 bridgehead atoms. The minimum Gasteiger partial charge on any atom is -0.494 e. The fourth-order valence-electron chi connectivity index (χ4n) is 1.37. The fraction of sp³-hybridized carbons (Fsp3) is 0.417. The van der Waals surface area contributed by atoms with E-state index >= 15 is 0 Å². The molecule has 1 aromatic rings. The van der Waals surface area contributed by atoms with E-state index in [2.05, 4.69) is 5.32 Å². The van der Waals surface area contributed by atoms with Gasteiger partial charge in [-0.3, -0.25) is 4.79 Å². The van der Waals surface area contributed by atoms with Crippen molar-refractivity contribution in [2.24, 2.45) is 0 Å². The summed E-state index contributed by atoms with van der Waals surface area (Å²) in [5.41, 5.74) is 0.792. The number of hydrogen-bond acceptors (Lipinski definition) is 4. The van der Waals surface area contributed by atoms with E-state index in [1.54, 1.807) is 6.07 Å². The Labute approximate surface area is 100 Å². The fourth-order valence-corrected chi connectivity index (χ4v) is 1.37. The van der Waals surface area contributed by atoms with Gasteiger partial charge in [0.25, 0.3) is 0 Å². The van der Waals surface area contributed by atoms with Crippen molar-refractivity contribution in [3.8, 4) is 5.75 Å². The number of aliphatic hydroxyl groups excluding tert-OH is 1. The molecule has 5 heteroatoms. The summed E-state index contributed by atoms with van der Waals surface area (Å²) in [6.45, 7) is 2.68. The van der Waals surface area contributed by atoms with Crippen molar-refractivity contribution in [3.63, 3.8) is 0 Å². The number of ether oxygens (including phenoxy) is 1. The second-order valence-electron chi connectivity index (χ2n) is 3.59. The zero-order valence-corrected chi connectivity index (χ0v) is 9.72. The molecule has 0 heterocycles. The van der Waals surface area contributed by atoms with Gasteiger partial charge in [-0.15, -0.1) is 0 Å². The molecule has 0 aromatic heterocycles. The van der Waals surface area contributed by atoms with Gasteiger partial charge >= 0.3 is 5.97 Å². The van der Waals surface area contributed by atoms with Gasteiger partial charge in [0.15, 0.2) is 0 Å². The normalized spacial score (nSPS) is 11.9. The van der Waals surface area contributed by atoms with Crippen LogP contribution < -0.4 is 10.1 Å². The summed E-state index contributed by atoms with van der Waals surface area (Å²) in [5, 5.41) is 20.8. The summed E-state index contributed by atoms with van der Waals surface area (Å²) < 4.78 is 5.32. The summed E-state index contributed by atoms with van der Waals surface area (Å²) in [4.78, 5) is 10.4. The highest BCUT2D eigenvalue weighted by molar-refractivity contribution is 5.67. The van der Waals surface area contributed by atoms with E-state index in [1.807, 2.05) is 25.1 Å². The molecule has 0 aliphatic heterocycles. The van der Waals surface area contributed by atoms with Crippen LogP contribution in [0, 0.1) is 0 Å². The zero-order chi connectivity index (χ0) is 12.7. The number of aliphatic carboxylic acids is 1. The predicted octanol–water partition coefficient (Wildman–Crippen LogP) is 1.33. The summed E-state index contributed by atoms with van der Waals surface area (Å²) >= 11 is 0. The molecule has 0 aliphatic rings. The number of nitrogens with one attached hydrogen (secondary N) is 1. The quantitative estimate of drug-likeness (QED) is 0.669. The maximum atomic E-state index is 10.4. The van der Waals surface area contributed by atoms with Crippen molar-refractivity contribution >= 4 is 11.7 Å². The molecule has 0 saturated heterocycles. The van der Waals surface area contributed by atoms with E-state index in [-0.39, 0.29) is 13.0 Å².